The van der Waals surface area contributed by atoms with Gasteiger partial charge in [-0.25, -0.2) is 8.42 Å². The van der Waals surface area contributed by atoms with Gasteiger partial charge in [0.1, 0.15) is 0 Å². The number of benzene rings is 2. The predicted octanol–water partition coefficient (Wildman–Crippen LogP) is 3.99. The maximum Gasteiger partial charge on any atom is 0.235 e. The molecule has 1 atom stereocenters. The Morgan fingerprint density at radius 2 is 1.82 bits per heavy atom. The number of nitrogens with zero attached hydrogens (tertiary/aromatic N) is 1. The van der Waals surface area contributed by atoms with Crippen molar-refractivity contribution in [2.24, 2.45) is 0 Å². The lowest BCUT2D eigenvalue weighted by Gasteiger charge is -2.23. The van der Waals surface area contributed by atoms with Crippen molar-refractivity contribution in [2.75, 3.05) is 12.8 Å². The van der Waals surface area contributed by atoms with Gasteiger partial charge in [0.05, 0.1) is 18.8 Å². The normalized spacial score (nSPS) is 12.8. The Kier molecular flexibility index (Phi) is 7.63. The first-order valence-electron chi connectivity index (χ1n) is 9.16. The summed E-state index contributed by atoms with van der Waals surface area (Å²) < 4.78 is 25.5. The number of carbonyl (C=O) groups is 1. The van der Waals surface area contributed by atoms with E-state index in [1.54, 1.807) is 24.3 Å². The van der Waals surface area contributed by atoms with Crippen LogP contribution in [0.4, 0.5) is 0 Å². The van der Waals surface area contributed by atoms with E-state index >= 15 is 0 Å². The van der Waals surface area contributed by atoms with E-state index in [0.29, 0.717) is 17.0 Å². The Labute approximate surface area is 172 Å². The molecule has 0 saturated heterocycles. The summed E-state index contributed by atoms with van der Waals surface area (Å²) in [5, 5.41) is 3.43. The van der Waals surface area contributed by atoms with Crippen molar-refractivity contribution in [3.05, 3.63) is 69.7 Å². The highest BCUT2D eigenvalue weighted by Gasteiger charge is 2.23. The summed E-state index contributed by atoms with van der Waals surface area (Å²) >= 11 is 6.15. The standard InChI is InChI=1S/C21H27ClN2O3S/c1-5-20(17-11-10-15(2)16(3)12-17)23-21(25)14-24(28(4,26)27)13-18-8-6-7-9-19(18)22/h6-12,20H,5,13-14H2,1-4H3,(H,23,25)/t20-/m1/s1. The lowest BCUT2D eigenvalue weighted by atomic mass is 9.99. The minimum atomic E-state index is -3.58. The number of nitrogens with one attached hydrogen (secondary N) is 1. The molecule has 1 amide bonds. The van der Waals surface area contributed by atoms with Crippen molar-refractivity contribution < 1.29 is 13.2 Å². The number of rotatable bonds is 8. The summed E-state index contributed by atoms with van der Waals surface area (Å²) in [7, 11) is -3.58. The fourth-order valence-electron chi connectivity index (χ4n) is 2.91. The smallest absolute Gasteiger partial charge is 0.235 e. The van der Waals surface area contributed by atoms with Crippen LogP contribution in [0.1, 0.15) is 41.6 Å². The minimum Gasteiger partial charge on any atom is -0.348 e. The molecule has 0 bridgehead atoms. The van der Waals surface area contributed by atoms with Gasteiger partial charge in [-0.1, -0.05) is 54.9 Å². The first-order chi connectivity index (χ1) is 13.1. The molecule has 28 heavy (non-hydrogen) atoms. The van der Waals surface area contributed by atoms with E-state index in [1.807, 2.05) is 32.9 Å². The van der Waals surface area contributed by atoms with Gasteiger partial charge in [0.25, 0.3) is 0 Å². The molecule has 1 N–H and O–H groups in total. The average Bonchev–Trinajstić information content (AvgIpc) is 2.62. The molecule has 5 nitrogen and oxygen atoms in total. The van der Waals surface area contributed by atoms with E-state index < -0.39 is 10.0 Å². The third-order valence-corrected chi connectivity index (χ3v) is 6.34. The third kappa shape index (κ3) is 6.06. The largest absolute Gasteiger partial charge is 0.348 e. The molecule has 0 aliphatic heterocycles. The quantitative estimate of drug-likeness (QED) is 0.699. The molecule has 2 rings (SSSR count). The predicted molar refractivity (Wildman–Crippen MR) is 114 cm³/mol. The van der Waals surface area contributed by atoms with Crippen LogP contribution in [0.25, 0.3) is 0 Å². The summed E-state index contributed by atoms with van der Waals surface area (Å²) in [5.41, 5.74) is 4.01. The second kappa shape index (κ2) is 9.54. The van der Waals surface area contributed by atoms with Crippen molar-refractivity contribution in [3.8, 4) is 0 Å². The van der Waals surface area contributed by atoms with Crippen LogP contribution in [0, 0.1) is 13.8 Å². The van der Waals surface area contributed by atoms with E-state index in [2.05, 4.69) is 11.4 Å². The number of halogens is 1. The summed E-state index contributed by atoms with van der Waals surface area (Å²) in [6.45, 7) is 5.84. The molecule has 0 heterocycles. The minimum absolute atomic E-state index is 0.0480. The molecule has 152 valence electrons. The lowest BCUT2D eigenvalue weighted by molar-refractivity contribution is -0.122. The molecule has 0 unspecified atom stereocenters. The van der Waals surface area contributed by atoms with Gasteiger partial charge < -0.3 is 5.32 Å². The fraction of sp³-hybridized carbons (Fsp3) is 0.381. The highest BCUT2D eigenvalue weighted by molar-refractivity contribution is 7.88. The van der Waals surface area contributed by atoms with Gasteiger partial charge in [0.15, 0.2) is 0 Å². The van der Waals surface area contributed by atoms with Crippen molar-refractivity contribution in [3.63, 3.8) is 0 Å². The zero-order valence-electron chi connectivity index (χ0n) is 16.7. The van der Waals surface area contributed by atoms with Crippen LogP contribution in [-0.2, 0) is 21.4 Å². The molecule has 0 radical (unpaired) electrons. The van der Waals surface area contributed by atoms with Gasteiger partial charge in [-0.3, -0.25) is 4.79 Å². The molecular weight excluding hydrogens is 396 g/mol. The van der Waals surface area contributed by atoms with Gasteiger partial charge in [-0.05, 0) is 48.6 Å². The first-order valence-corrected chi connectivity index (χ1v) is 11.4. The number of hydrogen-bond donors (Lipinski definition) is 1. The molecule has 0 fully saturated rings. The topological polar surface area (TPSA) is 66.5 Å². The fourth-order valence-corrected chi connectivity index (χ4v) is 3.83. The van der Waals surface area contributed by atoms with Crippen LogP contribution in [0.5, 0.6) is 0 Å². The highest BCUT2D eigenvalue weighted by Crippen LogP contribution is 2.21. The van der Waals surface area contributed by atoms with Gasteiger partial charge in [0, 0.05) is 11.6 Å². The van der Waals surface area contributed by atoms with Gasteiger partial charge in [-0.15, -0.1) is 0 Å². The van der Waals surface area contributed by atoms with Crippen LogP contribution in [0.15, 0.2) is 42.5 Å². The third-order valence-electron chi connectivity index (χ3n) is 4.77. The number of sulfonamides is 1. The van der Waals surface area contributed by atoms with E-state index in [-0.39, 0.29) is 25.0 Å². The van der Waals surface area contributed by atoms with Gasteiger partial charge in [-0.2, -0.15) is 4.31 Å². The molecule has 2 aromatic carbocycles. The van der Waals surface area contributed by atoms with Crippen LogP contribution >= 0.6 is 11.6 Å². The number of aryl methyl sites for hydroxylation is 2. The average molecular weight is 423 g/mol. The molecule has 0 spiro atoms. The summed E-state index contributed by atoms with van der Waals surface area (Å²) in [6, 6.07) is 12.9. The van der Waals surface area contributed by atoms with E-state index in [1.165, 1.54) is 5.56 Å². The molecule has 0 aliphatic carbocycles. The number of carbonyl (C=O) groups excluding carboxylic acids is 1. The molecule has 0 aromatic heterocycles. The Balaban J connectivity index is 2.14. The zero-order chi connectivity index (χ0) is 20.9. The first kappa shape index (κ1) is 22.4. The number of amides is 1. The Hall–Kier alpha value is -1.89. The highest BCUT2D eigenvalue weighted by atomic mass is 35.5. The second-order valence-corrected chi connectivity index (χ2v) is 9.38. The second-order valence-electron chi connectivity index (χ2n) is 6.99. The maximum absolute atomic E-state index is 12.6. The van der Waals surface area contributed by atoms with Crippen LogP contribution in [0.2, 0.25) is 5.02 Å². The lowest BCUT2D eigenvalue weighted by Crippen LogP contribution is -2.41. The Morgan fingerprint density at radius 1 is 1.14 bits per heavy atom. The zero-order valence-corrected chi connectivity index (χ0v) is 18.3. The Morgan fingerprint density at radius 3 is 2.39 bits per heavy atom. The van der Waals surface area contributed by atoms with Crippen LogP contribution in [0.3, 0.4) is 0 Å². The van der Waals surface area contributed by atoms with Crippen molar-refractivity contribution in [1.82, 2.24) is 9.62 Å². The van der Waals surface area contributed by atoms with Gasteiger partial charge in [0.2, 0.25) is 15.9 Å². The van der Waals surface area contributed by atoms with Crippen molar-refractivity contribution in [2.45, 2.75) is 39.8 Å². The summed E-state index contributed by atoms with van der Waals surface area (Å²) in [4.78, 5) is 12.6. The van der Waals surface area contributed by atoms with E-state index in [4.69, 9.17) is 11.6 Å². The van der Waals surface area contributed by atoms with Gasteiger partial charge >= 0.3 is 0 Å². The monoisotopic (exact) mass is 422 g/mol. The molecular formula is C21H27ClN2O3S. The van der Waals surface area contributed by atoms with Crippen molar-refractivity contribution >= 4 is 27.5 Å². The number of hydrogen-bond acceptors (Lipinski definition) is 3. The Bertz CT molecular complexity index is 944. The van der Waals surface area contributed by atoms with E-state index in [9.17, 15) is 13.2 Å². The molecule has 2 aromatic rings. The van der Waals surface area contributed by atoms with E-state index in [0.717, 1.165) is 21.7 Å². The molecule has 0 aliphatic rings. The maximum atomic E-state index is 12.6. The molecule has 7 heteroatoms. The molecule has 0 saturated carbocycles. The SMILES string of the molecule is CC[C@@H](NC(=O)CN(Cc1ccccc1Cl)S(C)(=O)=O)c1ccc(C)c(C)c1. The summed E-state index contributed by atoms with van der Waals surface area (Å²) in [5.74, 6) is -0.345. The van der Waals surface area contributed by atoms with Crippen molar-refractivity contribution in [1.29, 1.82) is 0 Å². The van der Waals surface area contributed by atoms with Crippen LogP contribution < -0.4 is 5.32 Å². The summed E-state index contributed by atoms with van der Waals surface area (Å²) in [6.07, 6.45) is 1.80. The van der Waals surface area contributed by atoms with Crippen LogP contribution in [-0.4, -0.2) is 31.4 Å².